The Morgan fingerprint density at radius 1 is 1.00 bits per heavy atom. The molecule has 0 saturated carbocycles. The molecule has 2 aromatic carbocycles. The van der Waals surface area contributed by atoms with Gasteiger partial charge in [-0.05, 0) is 37.6 Å². The quantitative estimate of drug-likeness (QED) is 0.465. The Kier molecular flexibility index (Phi) is 5.94. The molecule has 2 atom stereocenters. The zero-order valence-electron chi connectivity index (χ0n) is 20.1. The standard InChI is InChI=1S/C28H30N2O4/c1-19-28(5,17-11-12-18-29-24(32)21-15-9-10-16-22(21)25(29)33)30(26(34-19)27(2,3)4)23(31)20-13-7-6-8-14-20/h6-16,26H,1,17-18H2,2-5H3/b12-11+/t26?,28-/m0/s1. The lowest BCUT2D eigenvalue weighted by atomic mass is 9.88. The predicted molar refractivity (Wildman–Crippen MR) is 130 cm³/mol. The maximum atomic E-state index is 13.6. The number of hydrogen-bond acceptors (Lipinski definition) is 4. The highest BCUT2D eigenvalue weighted by Crippen LogP contribution is 2.45. The molecule has 34 heavy (non-hydrogen) atoms. The lowest BCUT2D eigenvalue weighted by Crippen LogP contribution is -2.53. The molecule has 1 fully saturated rings. The molecular weight excluding hydrogens is 428 g/mol. The van der Waals surface area contributed by atoms with E-state index in [0.717, 1.165) is 0 Å². The number of amides is 3. The molecule has 176 valence electrons. The van der Waals surface area contributed by atoms with Crippen molar-refractivity contribution in [1.82, 2.24) is 9.80 Å². The average molecular weight is 459 g/mol. The fourth-order valence-electron chi connectivity index (χ4n) is 4.43. The van der Waals surface area contributed by atoms with Crippen molar-refractivity contribution in [1.29, 1.82) is 0 Å². The van der Waals surface area contributed by atoms with Crippen LogP contribution in [0.15, 0.2) is 79.1 Å². The second-order valence-corrected chi connectivity index (χ2v) is 10.0. The molecule has 6 heteroatoms. The van der Waals surface area contributed by atoms with Crippen molar-refractivity contribution in [3.8, 4) is 0 Å². The van der Waals surface area contributed by atoms with Crippen LogP contribution in [0, 0.1) is 5.41 Å². The minimum absolute atomic E-state index is 0.129. The molecule has 4 rings (SSSR count). The van der Waals surface area contributed by atoms with Crippen molar-refractivity contribution in [2.75, 3.05) is 6.54 Å². The Morgan fingerprint density at radius 2 is 1.56 bits per heavy atom. The topological polar surface area (TPSA) is 66.9 Å². The first-order valence-corrected chi connectivity index (χ1v) is 11.4. The number of benzene rings is 2. The van der Waals surface area contributed by atoms with E-state index in [9.17, 15) is 14.4 Å². The molecule has 2 aliphatic heterocycles. The van der Waals surface area contributed by atoms with Gasteiger partial charge >= 0.3 is 0 Å². The SMILES string of the molecule is C=C1OC(C(C)(C)C)N(C(=O)c2ccccc2)[C@@]1(C)C/C=C/CN1C(=O)c2ccccc2C1=O. The molecule has 6 nitrogen and oxygen atoms in total. The third kappa shape index (κ3) is 3.94. The fourth-order valence-corrected chi connectivity index (χ4v) is 4.43. The van der Waals surface area contributed by atoms with Crippen LogP contribution in [0.4, 0.5) is 0 Å². The molecule has 1 saturated heterocycles. The van der Waals surface area contributed by atoms with Gasteiger partial charge in [0.2, 0.25) is 0 Å². The Labute approximate surface area is 200 Å². The summed E-state index contributed by atoms with van der Waals surface area (Å²) in [4.78, 5) is 41.8. The van der Waals surface area contributed by atoms with Gasteiger partial charge in [0.1, 0.15) is 11.3 Å². The van der Waals surface area contributed by atoms with Gasteiger partial charge in [0.25, 0.3) is 17.7 Å². The maximum absolute atomic E-state index is 13.6. The molecule has 2 heterocycles. The zero-order valence-corrected chi connectivity index (χ0v) is 20.1. The summed E-state index contributed by atoms with van der Waals surface area (Å²) < 4.78 is 6.16. The zero-order chi connectivity index (χ0) is 24.7. The largest absolute Gasteiger partial charge is 0.472 e. The lowest BCUT2D eigenvalue weighted by Gasteiger charge is -2.39. The van der Waals surface area contributed by atoms with Crippen LogP contribution in [-0.2, 0) is 4.74 Å². The van der Waals surface area contributed by atoms with E-state index in [4.69, 9.17) is 4.74 Å². The number of hydrogen-bond donors (Lipinski definition) is 0. The predicted octanol–water partition coefficient (Wildman–Crippen LogP) is 5.05. The average Bonchev–Trinajstić information content (AvgIpc) is 3.22. The second-order valence-electron chi connectivity index (χ2n) is 10.0. The molecule has 0 spiro atoms. The van der Waals surface area contributed by atoms with Gasteiger partial charge in [-0.25, -0.2) is 0 Å². The molecule has 3 amide bonds. The van der Waals surface area contributed by atoms with Crippen LogP contribution in [0.5, 0.6) is 0 Å². The van der Waals surface area contributed by atoms with Crippen molar-refractivity contribution >= 4 is 17.7 Å². The summed E-state index contributed by atoms with van der Waals surface area (Å²) in [5, 5.41) is 0. The van der Waals surface area contributed by atoms with Crippen LogP contribution in [0.3, 0.4) is 0 Å². The van der Waals surface area contributed by atoms with E-state index < -0.39 is 11.8 Å². The molecule has 2 aliphatic rings. The summed E-state index contributed by atoms with van der Waals surface area (Å²) in [6, 6.07) is 16.0. The molecule has 1 unspecified atom stereocenters. The Balaban J connectivity index is 1.55. The number of nitrogens with zero attached hydrogens (tertiary/aromatic N) is 2. The van der Waals surface area contributed by atoms with Crippen molar-refractivity contribution < 1.29 is 19.1 Å². The molecule has 2 aromatic rings. The van der Waals surface area contributed by atoms with E-state index in [0.29, 0.717) is 28.9 Å². The highest BCUT2D eigenvalue weighted by atomic mass is 16.5. The third-order valence-corrected chi connectivity index (χ3v) is 6.45. The summed E-state index contributed by atoms with van der Waals surface area (Å²) in [6.45, 7) is 12.3. The fraction of sp³-hybridized carbons (Fsp3) is 0.321. The van der Waals surface area contributed by atoms with Crippen molar-refractivity contribution in [3.05, 3.63) is 95.8 Å². The third-order valence-electron chi connectivity index (χ3n) is 6.45. The minimum Gasteiger partial charge on any atom is -0.472 e. The maximum Gasteiger partial charge on any atom is 0.261 e. The highest BCUT2D eigenvalue weighted by Gasteiger charge is 2.53. The van der Waals surface area contributed by atoms with E-state index in [1.165, 1.54) is 4.90 Å². The normalized spacial score (nSPS) is 22.5. The number of carbonyl (C=O) groups is 3. The van der Waals surface area contributed by atoms with Gasteiger partial charge in [0.15, 0.2) is 6.23 Å². The van der Waals surface area contributed by atoms with Gasteiger partial charge in [0.05, 0.1) is 11.1 Å². The Bertz CT molecular complexity index is 1140. The van der Waals surface area contributed by atoms with Crippen molar-refractivity contribution in [3.63, 3.8) is 0 Å². The van der Waals surface area contributed by atoms with Crippen LogP contribution in [0.25, 0.3) is 0 Å². The van der Waals surface area contributed by atoms with Crippen LogP contribution in [-0.4, -0.2) is 45.8 Å². The second kappa shape index (κ2) is 8.60. The van der Waals surface area contributed by atoms with E-state index in [-0.39, 0.29) is 29.7 Å². The van der Waals surface area contributed by atoms with Gasteiger partial charge < -0.3 is 4.74 Å². The van der Waals surface area contributed by atoms with Crippen LogP contribution < -0.4 is 0 Å². The van der Waals surface area contributed by atoms with Gasteiger partial charge in [0, 0.05) is 17.5 Å². The van der Waals surface area contributed by atoms with Crippen LogP contribution in [0.2, 0.25) is 0 Å². The van der Waals surface area contributed by atoms with Gasteiger partial charge in [-0.2, -0.15) is 0 Å². The minimum atomic E-state index is -0.788. The lowest BCUT2D eigenvalue weighted by molar-refractivity contribution is -0.0319. The van der Waals surface area contributed by atoms with E-state index in [1.54, 1.807) is 47.4 Å². The van der Waals surface area contributed by atoms with Crippen LogP contribution in [0.1, 0.15) is 65.2 Å². The summed E-state index contributed by atoms with van der Waals surface area (Å²) in [5.74, 6) is -0.199. The smallest absolute Gasteiger partial charge is 0.261 e. The van der Waals surface area contributed by atoms with E-state index in [1.807, 2.05) is 52.0 Å². The monoisotopic (exact) mass is 458 g/mol. The molecule has 0 bridgehead atoms. The molecule has 0 aliphatic carbocycles. The Hall–Kier alpha value is -3.67. The van der Waals surface area contributed by atoms with Crippen molar-refractivity contribution in [2.45, 2.75) is 45.9 Å². The number of rotatable bonds is 5. The van der Waals surface area contributed by atoms with E-state index >= 15 is 0 Å². The summed E-state index contributed by atoms with van der Waals surface area (Å²) >= 11 is 0. The van der Waals surface area contributed by atoms with Gasteiger partial charge in [-0.1, -0.05) is 69.8 Å². The van der Waals surface area contributed by atoms with E-state index in [2.05, 4.69) is 6.58 Å². The molecule has 0 aromatic heterocycles. The first-order valence-electron chi connectivity index (χ1n) is 11.4. The molecule has 0 N–H and O–H groups in total. The number of fused-ring (bicyclic) bond motifs is 1. The number of imide groups is 1. The molecular formula is C28H30N2O4. The first kappa shape index (κ1) is 23.5. The number of carbonyl (C=O) groups excluding carboxylic acids is 3. The van der Waals surface area contributed by atoms with Crippen LogP contribution >= 0.6 is 0 Å². The number of ether oxygens (including phenoxy) is 1. The first-order chi connectivity index (χ1) is 16.1. The van der Waals surface area contributed by atoms with Crippen molar-refractivity contribution in [2.24, 2.45) is 5.41 Å². The van der Waals surface area contributed by atoms with Gasteiger partial charge in [-0.15, -0.1) is 0 Å². The highest BCUT2D eigenvalue weighted by molar-refractivity contribution is 6.21. The summed E-state index contributed by atoms with van der Waals surface area (Å²) in [5.41, 5.74) is 0.311. The molecule has 0 radical (unpaired) electrons. The summed E-state index contributed by atoms with van der Waals surface area (Å²) in [7, 11) is 0. The summed E-state index contributed by atoms with van der Waals surface area (Å²) in [6.07, 6.45) is 3.62. The Morgan fingerprint density at radius 3 is 2.12 bits per heavy atom. The van der Waals surface area contributed by atoms with Gasteiger partial charge in [-0.3, -0.25) is 24.2 Å².